The van der Waals surface area contributed by atoms with Crippen LogP contribution in [0, 0.1) is 0 Å². The molecule has 0 aromatic heterocycles. The summed E-state index contributed by atoms with van der Waals surface area (Å²) in [5, 5.41) is 2.25. The summed E-state index contributed by atoms with van der Waals surface area (Å²) in [6.07, 6.45) is -4.80. The maximum Gasteiger partial charge on any atom is 0.586 e. The van der Waals surface area contributed by atoms with Gasteiger partial charge in [0.1, 0.15) is 5.60 Å². The quantitative estimate of drug-likeness (QED) is 0.838. The number of hydrogen-bond donors (Lipinski definition) is 1. The summed E-state index contributed by atoms with van der Waals surface area (Å²) in [4.78, 5) is 23.4. The number of ether oxygens (including phenoxy) is 4. The number of benzene rings is 1. The fraction of sp³-hybridized carbons (Fsp3) is 0.429. The molecule has 1 aliphatic rings. The van der Waals surface area contributed by atoms with E-state index in [2.05, 4.69) is 19.5 Å². The molecule has 0 atom stereocenters. The van der Waals surface area contributed by atoms with Gasteiger partial charge in [-0.05, 0) is 32.9 Å². The fourth-order valence-corrected chi connectivity index (χ4v) is 1.79. The Kier molecular flexibility index (Phi) is 4.06. The van der Waals surface area contributed by atoms with Crippen LogP contribution >= 0.6 is 0 Å². The van der Waals surface area contributed by atoms with Gasteiger partial charge in [0, 0.05) is 0 Å². The Balaban J connectivity index is 2.36. The number of amides is 1. The summed E-state index contributed by atoms with van der Waals surface area (Å²) < 4.78 is 44.7. The van der Waals surface area contributed by atoms with Crippen molar-refractivity contribution in [2.24, 2.45) is 0 Å². The van der Waals surface area contributed by atoms with Gasteiger partial charge in [-0.25, -0.2) is 9.59 Å². The van der Waals surface area contributed by atoms with Gasteiger partial charge in [-0.2, -0.15) is 0 Å². The summed E-state index contributed by atoms with van der Waals surface area (Å²) >= 11 is 0. The van der Waals surface area contributed by atoms with E-state index in [0.29, 0.717) is 0 Å². The van der Waals surface area contributed by atoms with Crippen LogP contribution in [0.4, 0.5) is 19.3 Å². The lowest BCUT2D eigenvalue weighted by Gasteiger charge is -2.20. The average molecular weight is 331 g/mol. The summed E-state index contributed by atoms with van der Waals surface area (Å²) in [5.74, 6) is -1.60. The second-order valence-corrected chi connectivity index (χ2v) is 5.64. The molecule has 0 saturated carbocycles. The summed E-state index contributed by atoms with van der Waals surface area (Å²) in [7, 11) is 1.13. The molecule has 2 rings (SSSR count). The van der Waals surface area contributed by atoms with Crippen molar-refractivity contribution in [2.45, 2.75) is 32.7 Å². The molecule has 1 heterocycles. The number of methoxy groups -OCH3 is 1. The summed E-state index contributed by atoms with van der Waals surface area (Å²) in [6, 6.07) is 2.15. The van der Waals surface area contributed by atoms with Gasteiger partial charge >= 0.3 is 18.4 Å². The van der Waals surface area contributed by atoms with E-state index >= 15 is 0 Å². The first-order valence-corrected chi connectivity index (χ1v) is 6.53. The van der Waals surface area contributed by atoms with E-state index in [0.717, 1.165) is 19.2 Å². The predicted molar refractivity (Wildman–Crippen MR) is 73.8 cm³/mol. The molecular formula is C14H15F2NO6. The van der Waals surface area contributed by atoms with Crippen molar-refractivity contribution in [3.63, 3.8) is 0 Å². The van der Waals surface area contributed by atoms with E-state index in [1.807, 2.05) is 0 Å². The first-order chi connectivity index (χ1) is 10.5. The lowest BCUT2D eigenvalue weighted by Crippen LogP contribution is -2.28. The Morgan fingerprint density at radius 2 is 1.87 bits per heavy atom. The molecule has 7 nitrogen and oxygen atoms in total. The van der Waals surface area contributed by atoms with Gasteiger partial charge in [0.2, 0.25) is 0 Å². The smallest absolute Gasteiger partial charge is 0.465 e. The number of hydrogen-bond acceptors (Lipinski definition) is 6. The third kappa shape index (κ3) is 3.99. The topological polar surface area (TPSA) is 83.1 Å². The predicted octanol–water partition coefficient (Wildman–Crippen LogP) is 3.14. The minimum absolute atomic E-state index is 0.0985. The van der Waals surface area contributed by atoms with Crippen molar-refractivity contribution in [3.05, 3.63) is 17.7 Å². The molecule has 0 unspecified atom stereocenters. The van der Waals surface area contributed by atoms with Crippen molar-refractivity contribution >= 4 is 17.7 Å². The minimum Gasteiger partial charge on any atom is -0.465 e. The Bertz CT molecular complexity index is 653. The molecule has 23 heavy (non-hydrogen) atoms. The van der Waals surface area contributed by atoms with Gasteiger partial charge in [-0.15, -0.1) is 8.78 Å². The van der Waals surface area contributed by atoms with Crippen molar-refractivity contribution in [3.8, 4) is 11.5 Å². The highest BCUT2D eigenvalue weighted by Gasteiger charge is 2.45. The highest BCUT2D eigenvalue weighted by atomic mass is 19.3. The zero-order valence-corrected chi connectivity index (χ0v) is 12.9. The van der Waals surface area contributed by atoms with Crippen molar-refractivity contribution in [2.75, 3.05) is 12.4 Å². The molecule has 1 aliphatic heterocycles. The maximum atomic E-state index is 13.2. The highest BCUT2D eigenvalue weighted by Crippen LogP contribution is 2.46. The van der Waals surface area contributed by atoms with Gasteiger partial charge in [-0.3, -0.25) is 5.32 Å². The van der Waals surface area contributed by atoms with Crippen LogP contribution in [0.3, 0.4) is 0 Å². The zero-order valence-electron chi connectivity index (χ0n) is 12.9. The number of anilines is 1. The van der Waals surface area contributed by atoms with Crippen LogP contribution in [-0.4, -0.2) is 31.1 Å². The second kappa shape index (κ2) is 5.56. The number of rotatable bonds is 2. The number of carbonyl (C=O) groups is 2. The Morgan fingerprint density at radius 1 is 1.22 bits per heavy atom. The van der Waals surface area contributed by atoms with Crippen LogP contribution in [0.2, 0.25) is 0 Å². The van der Waals surface area contributed by atoms with Crippen LogP contribution in [0.25, 0.3) is 0 Å². The van der Waals surface area contributed by atoms with Gasteiger partial charge in [0.05, 0.1) is 18.4 Å². The van der Waals surface area contributed by atoms with E-state index in [9.17, 15) is 18.4 Å². The Hall–Kier alpha value is -2.58. The minimum atomic E-state index is -3.90. The van der Waals surface area contributed by atoms with E-state index in [1.165, 1.54) is 0 Å². The lowest BCUT2D eigenvalue weighted by atomic mass is 10.1. The van der Waals surface area contributed by atoms with Crippen molar-refractivity contribution in [1.29, 1.82) is 0 Å². The average Bonchev–Trinajstić information content (AvgIpc) is 2.69. The lowest BCUT2D eigenvalue weighted by molar-refractivity contribution is -0.286. The molecular weight excluding hydrogens is 316 g/mol. The first-order valence-electron chi connectivity index (χ1n) is 6.53. The van der Waals surface area contributed by atoms with Crippen LogP contribution in [0.15, 0.2) is 12.1 Å². The van der Waals surface area contributed by atoms with Gasteiger partial charge in [0.25, 0.3) is 0 Å². The number of fused-ring (bicyclic) bond motifs is 1. The molecule has 9 heteroatoms. The Morgan fingerprint density at radius 3 is 2.43 bits per heavy atom. The van der Waals surface area contributed by atoms with Gasteiger partial charge in [-0.1, -0.05) is 0 Å². The van der Waals surface area contributed by atoms with E-state index < -0.39 is 35.5 Å². The number of esters is 1. The fourth-order valence-electron chi connectivity index (χ4n) is 1.79. The van der Waals surface area contributed by atoms with E-state index in [4.69, 9.17) is 4.74 Å². The normalized spacial score (nSPS) is 15.0. The Labute approximate surface area is 130 Å². The molecule has 1 aromatic carbocycles. The highest BCUT2D eigenvalue weighted by molar-refractivity contribution is 5.95. The summed E-state index contributed by atoms with van der Waals surface area (Å²) in [5.41, 5.74) is -1.10. The molecule has 1 amide bonds. The SMILES string of the molecule is COC(=O)c1cc(NC(=O)OC(C)(C)C)c2c(c1)OC(F)(F)O2. The largest absolute Gasteiger partial charge is 0.586 e. The monoisotopic (exact) mass is 331 g/mol. The van der Waals surface area contributed by atoms with E-state index in [1.54, 1.807) is 20.8 Å². The van der Waals surface area contributed by atoms with Gasteiger partial charge < -0.3 is 18.9 Å². The summed E-state index contributed by atoms with van der Waals surface area (Å²) in [6.45, 7) is 4.90. The molecule has 0 saturated heterocycles. The first kappa shape index (κ1) is 16.8. The molecule has 1 N–H and O–H groups in total. The number of alkyl halides is 2. The van der Waals surface area contributed by atoms with Crippen LogP contribution < -0.4 is 14.8 Å². The molecule has 0 radical (unpaired) electrons. The number of carbonyl (C=O) groups excluding carboxylic acids is 2. The second-order valence-electron chi connectivity index (χ2n) is 5.64. The van der Waals surface area contributed by atoms with Crippen LogP contribution in [-0.2, 0) is 9.47 Å². The van der Waals surface area contributed by atoms with Crippen LogP contribution in [0.5, 0.6) is 11.5 Å². The van der Waals surface area contributed by atoms with Crippen molar-refractivity contribution < 1.29 is 37.3 Å². The number of halogens is 2. The number of nitrogens with one attached hydrogen (secondary N) is 1. The molecule has 0 spiro atoms. The van der Waals surface area contributed by atoms with Crippen molar-refractivity contribution in [1.82, 2.24) is 0 Å². The van der Waals surface area contributed by atoms with E-state index in [-0.39, 0.29) is 11.3 Å². The van der Waals surface area contributed by atoms with Gasteiger partial charge in [0.15, 0.2) is 11.5 Å². The standard InChI is InChI=1S/C14H15F2NO6/c1-13(2,3)23-12(19)17-8-5-7(11(18)20-4)6-9-10(8)22-14(15,16)21-9/h5-6H,1-4H3,(H,17,19). The molecule has 0 bridgehead atoms. The third-order valence-electron chi connectivity index (χ3n) is 2.56. The molecule has 0 fully saturated rings. The molecule has 126 valence electrons. The molecule has 1 aromatic rings. The zero-order chi connectivity index (χ0) is 17.4. The maximum absolute atomic E-state index is 13.2. The van der Waals surface area contributed by atoms with Crippen LogP contribution in [0.1, 0.15) is 31.1 Å². The third-order valence-corrected chi connectivity index (χ3v) is 2.56. The molecule has 0 aliphatic carbocycles.